The van der Waals surface area contributed by atoms with Crippen LogP contribution in [0.3, 0.4) is 0 Å². The Labute approximate surface area is 194 Å². The highest BCUT2D eigenvalue weighted by molar-refractivity contribution is 7.91. The number of rotatable bonds is 5. The summed E-state index contributed by atoms with van der Waals surface area (Å²) >= 11 is 1.55. The van der Waals surface area contributed by atoms with Crippen LogP contribution in [0, 0.1) is 0 Å². The molecule has 1 amide bonds. The lowest BCUT2D eigenvalue weighted by Crippen LogP contribution is -2.46. The number of thiophene rings is 1. The van der Waals surface area contributed by atoms with E-state index in [2.05, 4.69) is 17.6 Å². The van der Waals surface area contributed by atoms with Crippen molar-refractivity contribution < 1.29 is 17.9 Å². The molecule has 2 aromatic rings. The van der Waals surface area contributed by atoms with Crippen LogP contribution in [0.1, 0.15) is 52.4 Å². The van der Waals surface area contributed by atoms with Gasteiger partial charge in [0.05, 0.1) is 21.6 Å². The predicted molar refractivity (Wildman–Crippen MR) is 125 cm³/mol. The predicted octanol–water partition coefficient (Wildman–Crippen LogP) is 3.43. The molecule has 0 bridgehead atoms. The molecular formula is C22H29ClN2O4S2. The Kier molecular flexibility index (Phi) is 7.48. The maximum absolute atomic E-state index is 12.8. The van der Waals surface area contributed by atoms with Crippen LogP contribution in [-0.2, 0) is 33.1 Å². The fourth-order valence-electron chi connectivity index (χ4n) is 4.29. The average Bonchev–Trinajstić information content (AvgIpc) is 3.18. The first kappa shape index (κ1) is 24.2. The number of benzene rings is 1. The lowest BCUT2D eigenvalue weighted by molar-refractivity contribution is -0.117. The van der Waals surface area contributed by atoms with Crippen molar-refractivity contribution in [3.8, 4) is 0 Å². The van der Waals surface area contributed by atoms with E-state index in [-0.39, 0.29) is 35.8 Å². The molecular weight excluding hydrogens is 456 g/mol. The van der Waals surface area contributed by atoms with Gasteiger partial charge in [-0.1, -0.05) is 19.1 Å². The normalized spacial score (nSPS) is 20.0. The number of fused-ring (bicyclic) bond motifs is 2. The molecule has 170 valence electrons. The van der Waals surface area contributed by atoms with Crippen molar-refractivity contribution in [3.63, 3.8) is 0 Å². The van der Waals surface area contributed by atoms with Gasteiger partial charge < -0.3 is 15.4 Å². The van der Waals surface area contributed by atoms with Gasteiger partial charge in [-0.15, -0.1) is 23.7 Å². The van der Waals surface area contributed by atoms with Crippen molar-refractivity contribution >= 4 is 39.5 Å². The smallest absolute Gasteiger partial charge is 0.261 e. The molecule has 1 saturated heterocycles. The Balaban J connectivity index is 0.00000272. The molecule has 2 aliphatic rings. The standard InChI is InChI=1S/C22H28N2O4S2.ClH/c1-3-30(26,27)18-6-4-16(5-7-18)14-24-21(25)19-13-17-12-15(2)28-22(20(17)29-19)8-10-23-11-9-22;/h4-7,13,15,23H,3,8-12,14H2,1-2H3,(H,24,25);1H/t15-;/m1./s1. The van der Waals surface area contributed by atoms with Crippen LogP contribution in [0.2, 0.25) is 0 Å². The molecule has 2 aliphatic heterocycles. The highest BCUT2D eigenvalue weighted by Gasteiger charge is 2.43. The van der Waals surface area contributed by atoms with Gasteiger partial charge in [-0.25, -0.2) is 8.42 Å². The zero-order valence-corrected chi connectivity index (χ0v) is 20.2. The van der Waals surface area contributed by atoms with E-state index in [1.807, 2.05) is 6.07 Å². The second-order valence-corrected chi connectivity index (χ2v) is 11.4. The third-order valence-corrected chi connectivity index (χ3v) is 9.02. The number of carbonyl (C=O) groups excluding carboxylic acids is 1. The van der Waals surface area contributed by atoms with Crippen LogP contribution in [0.5, 0.6) is 0 Å². The van der Waals surface area contributed by atoms with Gasteiger partial charge >= 0.3 is 0 Å². The first-order valence-corrected chi connectivity index (χ1v) is 12.9. The van der Waals surface area contributed by atoms with Crippen molar-refractivity contribution in [1.82, 2.24) is 10.6 Å². The Bertz CT molecular complexity index is 1030. The largest absolute Gasteiger partial charge is 0.366 e. The number of ether oxygens (including phenoxy) is 1. The van der Waals surface area contributed by atoms with Crippen molar-refractivity contribution in [3.05, 3.63) is 51.2 Å². The van der Waals surface area contributed by atoms with Crippen molar-refractivity contribution in [2.45, 2.75) is 56.3 Å². The van der Waals surface area contributed by atoms with Gasteiger partial charge in [0.15, 0.2) is 9.84 Å². The van der Waals surface area contributed by atoms with Gasteiger partial charge in [0, 0.05) is 11.4 Å². The van der Waals surface area contributed by atoms with E-state index in [1.165, 1.54) is 10.4 Å². The molecule has 1 spiro atoms. The van der Waals surface area contributed by atoms with E-state index < -0.39 is 9.84 Å². The minimum atomic E-state index is -3.21. The van der Waals surface area contributed by atoms with Crippen LogP contribution in [-0.4, -0.2) is 39.3 Å². The van der Waals surface area contributed by atoms with Gasteiger partial charge in [-0.2, -0.15) is 0 Å². The SMILES string of the molecule is CCS(=O)(=O)c1ccc(CNC(=O)c2cc3c(s2)C2(CCNCC2)O[C@H](C)C3)cc1.Cl. The minimum Gasteiger partial charge on any atom is -0.366 e. The van der Waals surface area contributed by atoms with Crippen LogP contribution in [0.25, 0.3) is 0 Å². The van der Waals surface area contributed by atoms with Crippen molar-refractivity contribution in [1.29, 1.82) is 0 Å². The fourth-order valence-corrected chi connectivity index (χ4v) is 6.48. The van der Waals surface area contributed by atoms with E-state index in [1.54, 1.807) is 42.5 Å². The number of halogens is 1. The number of piperidine rings is 1. The number of amides is 1. The van der Waals surface area contributed by atoms with Crippen LogP contribution >= 0.6 is 23.7 Å². The second-order valence-electron chi connectivity index (χ2n) is 8.07. The summed E-state index contributed by atoms with van der Waals surface area (Å²) in [5.41, 5.74) is 1.84. The zero-order chi connectivity index (χ0) is 21.4. The van der Waals surface area contributed by atoms with E-state index in [0.29, 0.717) is 16.3 Å². The maximum atomic E-state index is 12.8. The number of nitrogens with one attached hydrogen (secondary N) is 2. The molecule has 1 aromatic carbocycles. The Morgan fingerprint density at radius 1 is 1.26 bits per heavy atom. The van der Waals surface area contributed by atoms with Gasteiger partial charge in [-0.3, -0.25) is 4.79 Å². The van der Waals surface area contributed by atoms with E-state index in [4.69, 9.17) is 4.74 Å². The molecule has 3 heterocycles. The molecule has 1 atom stereocenters. The Hall–Kier alpha value is -1.45. The van der Waals surface area contributed by atoms with Crippen LogP contribution in [0.15, 0.2) is 35.2 Å². The molecule has 0 aliphatic carbocycles. The third-order valence-electron chi connectivity index (χ3n) is 5.91. The molecule has 1 fully saturated rings. The lowest BCUT2D eigenvalue weighted by atomic mass is 9.84. The van der Waals surface area contributed by atoms with Gasteiger partial charge in [0.1, 0.15) is 5.60 Å². The summed E-state index contributed by atoms with van der Waals surface area (Å²) < 4.78 is 30.3. The molecule has 6 nitrogen and oxygen atoms in total. The highest BCUT2D eigenvalue weighted by atomic mass is 35.5. The molecule has 1 aromatic heterocycles. The molecule has 0 saturated carbocycles. The maximum Gasteiger partial charge on any atom is 0.261 e. The number of hydrogen-bond acceptors (Lipinski definition) is 6. The van der Waals surface area contributed by atoms with E-state index >= 15 is 0 Å². The number of sulfone groups is 1. The first-order valence-electron chi connectivity index (χ1n) is 10.4. The highest BCUT2D eigenvalue weighted by Crippen LogP contribution is 2.46. The summed E-state index contributed by atoms with van der Waals surface area (Å²) in [5, 5.41) is 6.36. The molecule has 9 heteroatoms. The Morgan fingerprint density at radius 2 is 1.94 bits per heavy atom. The van der Waals surface area contributed by atoms with E-state index in [9.17, 15) is 13.2 Å². The number of hydrogen-bond donors (Lipinski definition) is 2. The fraction of sp³-hybridized carbons (Fsp3) is 0.500. The molecule has 0 unspecified atom stereocenters. The van der Waals surface area contributed by atoms with E-state index in [0.717, 1.165) is 37.9 Å². The summed E-state index contributed by atoms with van der Waals surface area (Å²) in [5.74, 6) is -0.0252. The zero-order valence-electron chi connectivity index (χ0n) is 17.8. The van der Waals surface area contributed by atoms with Crippen LogP contribution in [0.4, 0.5) is 0 Å². The summed E-state index contributed by atoms with van der Waals surface area (Å²) in [6.07, 6.45) is 2.85. The summed E-state index contributed by atoms with van der Waals surface area (Å²) in [7, 11) is -3.21. The monoisotopic (exact) mass is 484 g/mol. The average molecular weight is 485 g/mol. The Morgan fingerprint density at radius 3 is 2.58 bits per heavy atom. The summed E-state index contributed by atoms with van der Waals surface area (Å²) in [6, 6.07) is 8.73. The summed E-state index contributed by atoms with van der Waals surface area (Å²) in [6.45, 7) is 5.94. The van der Waals surface area contributed by atoms with Gasteiger partial charge in [0.2, 0.25) is 0 Å². The first-order chi connectivity index (χ1) is 14.3. The quantitative estimate of drug-likeness (QED) is 0.679. The summed E-state index contributed by atoms with van der Waals surface area (Å²) in [4.78, 5) is 15.0. The third kappa shape index (κ3) is 4.98. The van der Waals surface area contributed by atoms with Crippen molar-refractivity contribution in [2.75, 3.05) is 18.8 Å². The topological polar surface area (TPSA) is 84.5 Å². The minimum absolute atomic E-state index is 0. The second kappa shape index (κ2) is 9.58. The van der Waals surface area contributed by atoms with Gasteiger partial charge in [0.25, 0.3) is 5.91 Å². The molecule has 2 N–H and O–H groups in total. The number of carbonyl (C=O) groups is 1. The molecule has 31 heavy (non-hydrogen) atoms. The molecule has 4 rings (SSSR count). The molecule has 0 radical (unpaired) electrons. The lowest BCUT2D eigenvalue weighted by Gasteiger charge is -2.43. The van der Waals surface area contributed by atoms with Gasteiger partial charge in [-0.05, 0) is 68.6 Å². The van der Waals surface area contributed by atoms with Crippen molar-refractivity contribution in [2.24, 2.45) is 0 Å². The van der Waals surface area contributed by atoms with Crippen LogP contribution < -0.4 is 10.6 Å².